The fraction of sp³-hybridized carbons (Fsp3) is 0.179. The summed E-state index contributed by atoms with van der Waals surface area (Å²) in [6, 6.07) is 19.4. The molecule has 0 amide bonds. The predicted molar refractivity (Wildman–Crippen MR) is 147 cm³/mol. The second-order valence-corrected chi connectivity index (χ2v) is 9.44. The number of hydrogen-bond donors (Lipinski definition) is 2. The van der Waals surface area contributed by atoms with Crippen LogP contribution in [0.1, 0.15) is 28.9 Å². The molecule has 1 saturated heterocycles. The van der Waals surface area contributed by atoms with Gasteiger partial charge in [0.2, 0.25) is 5.88 Å². The summed E-state index contributed by atoms with van der Waals surface area (Å²) in [6.07, 6.45) is 5.09. The molecule has 2 aromatic carbocycles. The molecule has 39 heavy (non-hydrogen) atoms. The first-order chi connectivity index (χ1) is 19.1. The zero-order valence-electron chi connectivity index (χ0n) is 20.9. The third-order valence-corrected chi connectivity index (χ3v) is 6.81. The van der Waals surface area contributed by atoms with Crippen molar-refractivity contribution in [3.63, 3.8) is 0 Å². The minimum Gasteiger partial charge on any atom is -0.481 e. The molecular weight excluding hydrogens is 516 g/mol. The number of ether oxygens (including phenoxy) is 2. The van der Waals surface area contributed by atoms with E-state index in [9.17, 15) is 5.26 Å². The molecule has 2 N–H and O–H groups in total. The summed E-state index contributed by atoms with van der Waals surface area (Å²) < 4.78 is 12.3. The number of rotatable bonds is 8. The van der Waals surface area contributed by atoms with Crippen LogP contribution in [0.5, 0.6) is 5.88 Å². The van der Waals surface area contributed by atoms with Crippen LogP contribution in [-0.2, 0) is 4.74 Å². The van der Waals surface area contributed by atoms with Gasteiger partial charge in [-0.15, -0.1) is 5.10 Å². The van der Waals surface area contributed by atoms with E-state index in [1.165, 1.54) is 6.20 Å². The summed E-state index contributed by atoms with van der Waals surface area (Å²) in [4.78, 5) is 8.71. The zero-order chi connectivity index (χ0) is 26.8. The Labute approximate surface area is 229 Å². The highest BCUT2D eigenvalue weighted by Crippen LogP contribution is 2.36. The van der Waals surface area contributed by atoms with Crippen LogP contribution >= 0.6 is 11.6 Å². The molecule has 194 valence electrons. The summed E-state index contributed by atoms with van der Waals surface area (Å²) in [7, 11) is 1.56. The van der Waals surface area contributed by atoms with Gasteiger partial charge < -0.3 is 20.1 Å². The number of pyridine rings is 2. The maximum atomic E-state index is 9.85. The van der Waals surface area contributed by atoms with E-state index in [0.717, 1.165) is 16.9 Å². The molecule has 1 aliphatic rings. The minimum atomic E-state index is -0.302. The van der Waals surface area contributed by atoms with Gasteiger partial charge in [-0.25, -0.2) is 9.67 Å². The Bertz CT molecular complexity index is 1660. The third-order valence-electron chi connectivity index (χ3n) is 6.52. The lowest BCUT2D eigenvalue weighted by atomic mass is 10.0. The highest BCUT2D eigenvalue weighted by molar-refractivity contribution is 6.36. The molecular formula is C28H23ClN8O2. The molecule has 0 unspecified atom stereocenters. The van der Waals surface area contributed by atoms with E-state index in [0.29, 0.717) is 52.0 Å². The Hall–Kier alpha value is -4.72. The number of anilines is 3. The Morgan fingerprint density at radius 2 is 1.95 bits per heavy atom. The number of nitrogens with zero attached hydrogens (tertiary/aromatic N) is 6. The Kier molecular flexibility index (Phi) is 6.67. The number of nitrogens with one attached hydrogen (secondary N) is 2. The van der Waals surface area contributed by atoms with E-state index in [2.05, 4.69) is 37.0 Å². The molecule has 0 aliphatic carbocycles. The number of halogens is 1. The van der Waals surface area contributed by atoms with E-state index >= 15 is 0 Å². The van der Waals surface area contributed by atoms with Crippen LogP contribution in [0.15, 0.2) is 73.2 Å². The first kappa shape index (κ1) is 24.6. The van der Waals surface area contributed by atoms with E-state index in [-0.39, 0.29) is 12.1 Å². The molecule has 0 bridgehead atoms. The summed E-state index contributed by atoms with van der Waals surface area (Å²) >= 11 is 6.73. The number of hydrogen-bond acceptors (Lipinski definition) is 9. The first-order valence-electron chi connectivity index (χ1n) is 12.2. The normalized spacial score (nSPS) is 13.9. The van der Waals surface area contributed by atoms with Gasteiger partial charge in [0.25, 0.3) is 0 Å². The van der Waals surface area contributed by atoms with Crippen LogP contribution in [0.25, 0.3) is 10.9 Å². The summed E-state index contributed by atoms with van der Waals surface area (Å²) in [5.41, 5.74) is 4.71. The quantitative estimate of drug-likeness (QED) is 0.272. The number of methoxy groups -OCH3 is 1. The van der Waals surface area contributed by atoms with Crippen molar-refractivity contribution in [3.05, 3.63) is 95.0 Å². The van der Waals surface area contributed by atoms with Crippen molar-refractivity contribution < 1.29 is 9.47 Å². The van der Waals surface area contributed by atoms with Crippen molar-refractivity contribution in [2.75, 3.05) is 31.0 Å². The second-order valence-electron chi connectivity index (χ2n) is 9.03. The minimum absolute atomic E-state index is 0.189. The number of aromatic nitrogens is 5. The molecule has 1 aliphatic heterocycles. The molecule has 1 fully saturated rings. The van der Waals surface area contributed by atoms with Gasteiger partial charge in [0.1, 0.15) is 17.8 Å². The summed E-state index contributed by atoms with van der Waals surface area (Å²) in [5, 5.41) is 26.7. The fourth-order valence-electron chi connectivity index (χ4n) is 4.40. The van der Waals surface area contributed by atoms with Crippen molar-refractivity contribution in [2.45, 2.75) is 12.1 Å². The molecule has 3 aromatic heterocycles. The van der Waals surface area contributed by atoms with Crippen LogP contribution in [0.3, 0.4) is 0 Å². The van der Waals surface area contributed by atoms with Crippen LogP contribution in [0, 0.1) is 11.3 Å². The predicted octanol–water partition coefficient (Wildman–Crippen LogP) is 5.27. The van der Waals surface area contributed by atoms with Crippen molar-refractivity contribution in [1.82, 2.24) is 25.0 Å². The number of nitriles is 1. The van der Waals surface area contributed by atoms with Crippen LogP contribution in [-0.4, -0.2) is 45.3 Å². The number of fused-ring (bicyclic) bond motifs is 1. The monoisotopic (exact) mass is 538 g/mol. The Morgan fingerprint density at radius 1 is 1.10 bits per heavy atom. The molecule has 10 nitrogen and oxygen atoms in total. The highest BCUT2D eigenvalue weighted by Gasteiger charge is 2.25. The lowest BCUT2D eigenvalue weighted by Crippen LogP contribution is -2.31. The van der Waals surface area contributed by atoms with Crippen molar-refractivity contribution in [3.8, 4) is 11.9 Å². The SMILES string of the molecule is COc1ccc(Nc2c(C#N)cnc3c(Cl)cc(N[C@@H](c4ccccc4)c4cn(C5COC5)nn4)cc23)cn1. The van der Waals surface area contributed by atoms with Crippen LogP contribution in [0.2, 0.25) is 5.02 Å². The van der Waals surface area contributed by atoms with Crippen molar-refractivity contribution in [2.24, 2.45) is 0 Å². The Morgan fingerprint density at radius 3 is 2.64 bits per heavy atom. The van der Waals surface area contributed by atoms with Gasteiger partial charge in [0, 0.05) is 23.3 Å². The first-order valence-corrected chi connectivity index (χ1v) is 12.6. The van der Waals surface area contributed by atoms with Gasteiger partial charge >= 0.3 is 0 Å². The summed E-state index contributed by atoms with van der Waals surface area (Å²) in [6.45, 7) is 1.25. The van der Waals surface area contributed by atoms with E-state index in [1.54, 1.807) is 19.4 Å². The molecule has 6 rings (SSSR count). The molecule has 0 saturated carbocycles. The molecule has 1 atom stereocenters. The lowest BCUT2D eigenvalue weighted by Gasteiger charge is -2.25. The maximum Gasteiger partial charge on any atom is 0.213 e. The standard InChI is InChI=1S/C28H23ClN8O2/c1-38-25-8-7-19(13-31-25)33-26-18(11-30)12-32-28-22(26)9-20(10-23(28)29)34-27(17-5-3-2-4-6-17)24-14-37(36-35-24)21-15-39-16-21/h2-10,12-14,21,27,34H,15-16H2,1H3,(H,32,33)/t27-/m0/s1. The topological polar surface area (TPSA) is 123 Å². The van der Waals surface area contributed by atoms with Crippen molar-refractivity contribution in [1.29, 1.82) is 5.26 Å². The average Bonchev–Trinajstić information content (AvgIpc) is 3.41. The highest BCUT2D eigenvalue weighted by atomic mass is 35.5. The van der Waals surface area contributed by atoms with Crippen molar-refractivity contribution >= 4 is 39.6 Å². The molecule has 0 radical (unpaired) electrons. The molecule has 5 aromatic rings. The Balaban J connectivity index is 1.41. The van der Waals surface area contributed by atoms with Crippen LogP contribution in [0.4, 0.5) is 17.1 Å². The second kappa shape index (κ2) is 10.6. The third kappa shape index (κ3) is 4.93. The number of benzene rings is 2. The van der Waals surface area contributed by atoms with E-state index < -0.39 is 0 Å². The lowest BCUT2D eigenvalue weighted by molar-refractivity contribution is -0.0293. The van der Waals surface area contributed by atoms with Gasteiger partial charge in [-0.3, -0.25) is 4.98 Å². The summed E-state index contributed by atoms with van der Waals surface area (Å²) in [5.74, 6) is 0.490. The van der Waals surface area contributed by atoms with E-state index in [1.807, 2.05) is 59.4 Å². The smallest absolute Gasteiger partial charge is 0.213 e. The van der Waals surface area contributed by atoms with Gasteiger partial charge in [-0.05, 0) is 23.8 Å². The van der Waals surface area contributed by atoms with Gasteiger partial charge in [-0.1, -0.05) is 47.1 Å². The molecule has 11 heteroatoms. The van der Waals surface area contributed by atoms with Gasteiger partial charge in [-0.2, -0.15) is 5.26 Å². The fourth-order valence-corrected chi connectivity index (χ4v) is 4.67. The largest absolute Gasteiger partial charge is 0.481 e. The zero-order valence-corrected chi connectivity index (χ0v) is 21.6. The average molecular weight is 539 g/mol. The maximum absolute atomic E-state index is 9.85. The van der Waals surface area contributed by atoms with Gasteiger partial charge in [0.05, 0.1) is 66.2 Å². The van der Waals surface area contributed by atoms with Crippen LogP contribution < -0.4 is 15.4 Å². The van der Waals surface area contributed by atoms with Gasteiger partial charge in [0.15, 0.2) is 0 Å². The van der Waals surface area contributed by atoms with E-state index in [4.69, 9.17) is 21.1 Å². The molecule has 4 heterocycles. The molecule has 0 spiro atoms.